The van der Waals surface area contributed by atoms with Crippen molar-refractivity contribution in [3.63, 3.8) is 0 Å². The van der Waals surface area contributed by atoms with Gasteiger partial charge in [-0.05, 0) is 30.8 Å². The Balaban J connectivity index is 2.01. The number of pyridine rings is 1. The predicted molar refractivity (Wildman–Crippen MR) is 96.0 cm³/mol. The average Bonchev–Trinajstić information content (AvgIpc) is 2.66. The first-order valence-electron chi connectivity index (χ1n) is 8.33. The molecule has 1 atom stereocenters. The van der Waals surface area contributed by atoms with E-state index in [0.717, 1.165) is 12.4 Å². The van der Waals surface area contributed by atoms with Crippen LogP contribution in [0.1, 0.15) is 27.5 Å². The molecule has 1 aromatic carbocycles. The molecule has 7 nitrogen and oxygen atoms in total. The standard InChI is InChI=1S/C18H15F4N5O2/c1-23-7-13(9-2-3-11(12(19)6-9)18(20,21)22)27-16-15-14(25-8-26-16)10(17(28)29)4-5-24-15/h2-6,8,13,23H,7H2,1H3,(H,28,29)(H,25,26,27)/t13-/m1/s1. The smallest absolute Gasteiger partial charge is 0.419 e. The van der Waals surface area contributed by atoms with Crippen LogP contribution in [0.25, 0.3) is 11.0 Å². The largest absolute Gasteiger partial charge is 0.478 e. The number of aromatic nitrogens is 3. The van der Waals surface area contributed by atoms with E-state index in [1.807, 2.05) is 0 Å². The van der Waals surface area contributed by atoms with Gasteiger partial charge in [0, 0.05) is 12.7 Å². The lowest BCUT2D eigenvalue weighted by Gasteiger charge is -2.21. The Hall–Kier alpha value is -3.34. The molecule has 0 spiro atoms. The molecule has 0 bridgehead atoms. The second-order valence-corrected chi connectivity index (χ2v) is 6.07. The first kappa shape index (κ1) is 20.4. The van der Waals surface area contributed by atoms with Crippen LogP contribution in [0.2, 0.25) is 0 Å². The van der Waals surface area contributed by atoms with E-state index in [1.165, 1.54) is 18.3 Å². The predicted octanol–water partition coefficient (Wildman–Crippen LogP) is 3.25. The van der Waals surface area contributed by atoms with Crippen molar-refractivity contribution in [2.24, 2.45) is 0 Å². The quantitative estimate of drug-likeness (QED) is 0.538. The molecule has 3 rings (SSSR count). The van der Waals surface area contributed by atoms with E-state index in [-0.39, 0.29) is 34.5 Å². The molecule has 152 valence electrons. The molecule has 29 heavy (non-hydrogen) atoms. The highest BCUT2D eigenvalue weighted by Gasteiger charge is 2.34. The maximum atomic E-state index is 14.0. The van der Waals surface area contributed by atoms with Crippen LogP contribution in [0.5, 0.6) is 0 Å². The van der Waals surface area contributed by atoms with Crippen LogP contribution in [0.4, 0.5) is 23.4 Å². The van der Waals surface area contributed by atoms with E-state index < -0.39 is 29.6 Å². The summed E-state index contributed by atoms with van der Waals surface area (Å²) in [6.45, 7) is 0.217. The number of halogens is 4. The van der Waals surface area contributed by atoms with Crippen LogP contribution in [0, 0.1) is 5.82 Å². The molecule has 0 fully saturated rings. The molecule has 0 radical (unpaired) electrons. The molecular weight excluding hydrogens is 394 g/mol. The molecule has 0 unspecified atom stereocenters. The summed E-state index contributed by atoms with van der Waals surface area (Å²) in [6.07, 6.45) is -2.37. The topological polar surface area (TPSA) is 100 Å². The van der Waals surface area contributed by atoms with Crippen molar-refractivity contribution in [1.29, 1.82) is 0 Å². The van der Waals surface area contributed by atoms with Crippen LogP contribution in [0.3, 0.4) is 0 Å². The van der Waals surface area contributed by atoms with Crippen molar-refractivity contribution in [2.45, 2.75) is 12.2 Å². The number of hydrogen-bond donors (Lipinski definition) is 3. The van der Waals surface area contributed by atoms with Crippen molar-refractivity contribution in [2.75, 3.05) is 18.9 Å². The minimum atomic E-state index is -4.80. The number of carboxylic acids is 1. The van der Waals surface area contributed by atoms with Gasteiger partial charge in [-0.15, -0.1) is 0 Å². The summed E-state index contributed by atoms with van der Waals surface area (Å²) in [7, 11) is 1.62. The van der Waals surface area contributed by atoms with Crippen LogP contribution >= 0.6 is 0 Å². The van der Waals surface area contributed by atoms with Crippen LogP contribution < -0.4 is 10.6 Å². The summed E-state index contributed by atoms with van der Waals surface area (Å²) in [5.74, 6) is -2.42. The number of nitrogens with one attached hydrogen (secondary N) is 2. The van der Waals surface area contributed by atoms with Crippen molar-refractivity contribution in [1.82, 2.24) is 20.3 Å². The Bertz CT molecular complexity index is 1060. The number of aromatic carboxylic acids is 1. The number of carbonyl (C=O) groups is 1. The molecule has 11 heteroatoms. The van der Waals surface area contributed by atoms with Gasteiger partial charge in [-0.3, -0.25) is 4.98 Å². The molecule has 3 aromatic rings. The fourth-order valence-corrected chi connectivity index (χ4v) is 2.84. The fraction of sp³-hybridized carbons (Fsp3) is 0.222. The Labute approximate surface area is 161 Å². The highest BCUT2D eigenvalue weighted by molar-refractivity contribution is 6.02. The Morgan fingerprint density at radius 2 is 1.93 bits per heavy atom. The molecule has 2 heterocycles. The Kier molecular flexibility index (Phi) is 5.59. The Morgan fingerprint density at radius 1 is 1.17 bits per heavy atom. The zero-order chi connectivity index (χ0) is 21.2. The molecule has 0 saturated carbocycles. The van der Waals surface area contributed by atoms with Gasteiger partial charge in [0.25, 0.3) is 0 Å². The van der Waals surface area contributed by atoms with Gasteiger partial charge < -0.3 is 15.7 Å². The van der Waals surface area contributed by atoms with E-state index in [1.54, 1.807) is 7.05 Å². The second-order valence-electron chi connectivity index (χ2n) is 6.07. The van der Waals surface area contributed by atoms with Gasteiger partial charge in [0.2, 0.25) is 0 Å². The third kappa shape index (κ3) is 4.24. The summed E-state index contributed by atoms with van der Waals surface area (Å²) < 4.78 is 52.4. The number of rotatable bonds is 6. The number of hydrogen-bond acceptors (Lipinski definition) is 6. The van der Waals surface area contributed by atoms with E-state index in [9.17, 15) is 27.5 Å². The van der Waals surface area contributed by atoms with Crippen molar-refractivity contribution >= 4 is 22.8 Å². The summed E-state index contributed by atoms with van der Waals surface area (Å²) >= 11 is 0. The third-order valence-corrected chi connectivity index (χ3v) is 4.17. The molecule has 0 aliphatic rings. The lowest BCUT2D eigenvalue weighted by atomic mass is 10.0. The number of benzene rings is 1. The Morgan fingerprint density at radius 3 is 2.55 bits per heavy atom. The van der Waals surface area contributed by atoms with Gasteiger partial charge in [0.15, 0.2) is 5.82 Å². The van der Waals surface area contributed by atoms with Crippen LogP contribution in [0.15, 0.2) is 36.8 Å². The first-order valence-corrected chi connectivity index (χ1v) is 8.33. The number of fused-ring (bicyclic) bond motifs is 1. The van der Waals surface area contributed by atoms with E-state index in [0.29, 0.717) is 6.07 Å². The lowest BCUT2D eigenvalue weighted by Crippen LogP contribution is -2.25. The van der Waals surface area contributed by atoms with Gasteiger partial charge in [-0.25, -0.2) is 19.2 Å². The zero-order valence-corrected chi connectivity index (χ0v) is 15.0. The highest BCUT2D eigenvalue weighted by Crippen LogP contribution is 2.33. The molecule has 0 amide bonds. The number of alkyl halides is 3. The minimum absolute atomic E-state index is 0.0776. The normalized spacial score (nSPS) is 12.7. The SMILES string of the molecule is CNC[C@@H](Nc1ncnc2c(C(=O)O)ccnc12)c1ccc(C(F)(F)F)c(F)c1. The molecule has 3 N–H and O–H groups in total. The van der Waals surface area contributed by atoms with E-state index >= 15 is 0 Å². The summed E-state index contributed by atoms with van der Waals surface area (Å²) in [4.78, 5) is 23.5. The monoisotopic (exact) mass is 409 g/mol. The highest BCUT2D eigenvalue weighted by atomic mass is 19.4. The molecule has 0 aliphatic carbocycles. The molecule has 0 saturated heterocycles. The van der Waals surface area contributed by atoms with Gasteiger partial charge in [-0.2, -0.15) is 13.2 Å². The van der Waals surface area contributed by atoms with E-state index in [4.69, 9.17) is 0 Å². The average molecular weight is 409 g/mol. The maximum Gasteiger partial charge on any atom is 0.419 e. The summed E-state index contributed by atoms with van der Waals surface area (Å²) in [6, 6.07) is 3.26. The van der Waals surface area contributed by atoms with Crippen molar-refractivity contribution in [3.8, 4) is 0 Å². The number of likely N-dealkylation sites (N-methyl/N-ethyl adjacent to an activating group) is 1. The van der Waals surface area contributed by atoms with Gasteiger partial charge in [0.1, 0.15) is 23.2 Å². The summed E-state index contributed by atoms with van der Waals surface area (Å²) in [5, 5.41) is 15.1. The zero-order valence-electron chi connectivity index (χ0n) is 15.0. The van der Waals surface area contributed by atoms with Gasteiger partial charge in [-0.1, -0.05) is 6.07 Å². The first-order chi connectivity index (χ1) is 13.7. The van der Waals surface area contributed by atoms with Crippen molar-refractivity contribution < 1.29 is 27.5 Å². The lowest BCUT2D eigenvalue weighted by molar-refractivity contribution is -0.140. The fourth-order valence-electron chi connectivity index (χ4n) is 2.84. The molecule has 0 aliphatic heterocycles. The van der Waals surface area contributed by atoms with Crippen LogP contribution in [-0.2, 0) is 6.18 Å². The van der Waals surface area contributed by atoms with E-state index in [2.05, 4.69) is 25.6 Å². The molecule has 2 aromatic heterocycles. The molecular formula is C18H15F4N5O2. The second kappa shape index (κ2) is 7.95. The number of anilines is 1. The summed E-state index contributed by atoms with van der Waals surface area (Å²) in [5.41, 5.74) is -0.929. The van der Waals surface area contributed by atoms with Gasteiger partial charge in [0.05, 0.1) is 17.2 Å². The number of carboxylic acid groups (broad SMARTS) is 1. The van der Waals surface area contributed by atoms with Crippen molar-refractivity contribution in [3.05, 3.63) is 59.3 Å². The maximum absolute atomic E-state index is 14.0. The van der Waals surface area contributed by atoms with Crippen LogP contribution in [-0.4, -0.2) is 39.6 Å². The third-order valence-electron chi connectivity index (χ3n) is 4.17. The number of nitrogens with zero attached hydrogens (tertiary/aromatic N) is 3. The minimum Gasteiger partial charge on any atom is -0.478 e. The van der Waals surface area contributed by atoms with Gasteiger partial charge >= 0.3 is 12.1 Å².